The summed E-state index contributed by atoms with van der Waals surface area (Å²) in [5.74, 6) is -0.0301. The Hall–Kier alpha value is -1.16. The maximum absolute atomic E-state index is 7.37. The highest BCUT2D eigenvalue weighted by atomic mass is 79.9. The molecule has 2 N–H and O–H groups in total. The lowest BCUT2D eigenvalue weighted by atomic mass is 10.2. The zero-order chi connectivity index (χ0) is 8.97. The van der Waals surface area contributed by atoms with Crippen molar-refractivity contribution in [1.29, 1.82) is 10.8 Å². The van der Waals surface area contributed by atoms with E-state index in [0.717, 1.165) is 0 Å². The number of nitrogens with one attached hydrogen (secondary N) is 2. The van der Waals surface area contributed by atoms with E-state index >= 15 is 0 Å². The summed E-state index contributed by atoms with van der Waals surface area (Å²) in [5.41, 5.74) is 0.654. The van der Waals surface area contributed by atoms with Gasteiger partial charge in [0.25, 0.3) is 4.81 Å². The van der Waals surface area contributed by atoms with E-state index in [0.29, 0.717) is 5.56 Å². The normalized spacial score (nSPS) is 9.08. The molecule has 0 unspecified atom stereocenters. The van der Waals surface area contributed by atoms with Crippen LogP contribution in [0.15, 0.2) is 30.3 Å². The van der Waals surface area contributed by atoms with Crippen molar-refractivity contribution >= 4 is 26.6 Å². The summed E-state index contributed by atoms with van der Waals surface area (Å²) in [6.45, 7) is 0. The van der Waals surface area contributed by atoms with Gasteiger partial charge in [-0.2, -0.15) is 0 Å². The Morgan fingerprint density at radius 1 is 1.17 bits per heavy atom. The van der Waals surface area contributed by atoms with Crippen molar-refractivity contribution in [2.75, 3.05) is 0 Å². The highest BCUT2D eigenvalue weighted by Crippen LogP contribution is 2.02. The van der Waals surface area contributed by atoms with Crippen LogP contribution in [0, 0.1) is 10.8 Å². The summed E-state index contributed by atoms with van der Waals surface area (Å²) in [5, 5.41) is 14.3. The molecular weight excluding hydrogens is 220 g/mol. The molecular formula is C8H7BrN2O. The van der Waals surface area contributed by atoms with Gasteiger partial charge in [-0.1, -0.05) is 18.2 Å². The zero-order valence-electron chi connectivity index (χ0n) is 6.17. The molecule has 0 spiro atoms. The third-order valence-electron chi connectivity index (χ3n) is 1.23. The van der Waals surface area contributed by atoms with Crippen molar-refractivity contribution in [1.82, 2.24) is 0 Å². The first-order valence-corrected chi connectivity index (χ1v) is 4.05. The molecule has 0 radical (unpaired) electrons. The average Bonchev–Trinajstić information content (AvgIpc) is 2.05. The Bertz CT molecular complexity index is 297. The molecule has 0 aliphatic heterocycles. The fourth-order valence-corrected chi connectivity index (χ4v) is 0.900. The number of ether oxygens (including phenoxy) is 1. The summed E-state index contributed by atoms with van der Waals surface area (Å²) in [7, 11) is 0. The second-order valence-electron chi connectivity index (χ2n) is 2.07. The second-order valence-corrected chi connectivity index (χ2v) is 2.79. The summed E-state index contributed by atoms with van der Waals surface area (Å²) in [4.78, 5) is -0.156. The molecule has 62 valence electrons. The van der Waals surface area contributed by atoms with Crippen LogP contribution in [0.5, 0.6) is 0 Å². The predicted octanol–water partition coefficient (Wildman–Crippen LogP) is 2.36. The largest absolute Gasteiger partial charge is 0.415 e. The molecule has 0 atom stereocenters. The van der Waals surface area contributed by atoms with Crippen LogP contribution in [0.3, 0.4) is 0 Å². The summed E-state index contributed by atoms with van der Waals surface area (Å²) < 4.78 is 4.72. The van der Waals surface area contributed by atoms with Crippen LogP contribution in [-0.2, 0) is 4.74 Å². The van der Waals surface area contributed by atoms with Crippen LogP contribution in [0.4, 0.5) is 0 Å². The fraction of sp³-hybridized carbons (Fsp3) is 0. The van der Waals surface area contributed by atoms with E-state index in [-0.39, 0.29) is 10.7 Å². The lowest BCUT2D eigenvalue weighted by Gasteiger charge is -2.02. The van der Waals surface area contributed by atoms with Crippen LogP contribution in [-0.4, -0.2) is 10.7 Å². The molecule has 12 heavy (non-hydrogen) atoms. The van der Waals surface area contributed by atoms with E-state index < -0.39 is 0 Å². The lowest BCUT2D eigenvalue weighted by molar-refractivity contribution is 0.555. The molecule has 0 fully saturated rings. The van der Waals surface area contributed by atoms with Crippen LogP contribution in [0.1, 0.15) is 5.56 Å². The van der Waals surface area contributed by atoms with Gasteiger partial charge in [-0.25, -0.2) is 0 Å². The van der Waals surface area contributed by atoms with Gasteiger partial charge in [-0.05, 0) is 12.1 Å². The first kappa shape index (κ1) is 8.93. The average molecular weight is 227 g/mol. The SMILES string of the molecule is N=C(Br)OC(=N)c1ccccc1. The van der Waals surface area contributed by atoms with Crippen molar-refractivity contribution < 1.29 is 4.74 Å². The molecule has 1 aromatic rings. The van der Waals surface area contributed by atoms with E-state index in [1.807, 2.05) is 18.2 Å². The molecule has 1 rings (SSSR count). The Morgan fingerprint density at radius 3 is 2.25 bits per heavy atom. The number of halogens is 1. The minimum Gasteiger partial charge on any atom is -0.415 e. The van der Waals surface area contributed by atoms with E-state index in [2.05, 4.69) is 15.9 Å². The van der Waals surface area contributed by atoms with Gasteiger partial charge in [-0.3, -0.25) is 10.8 Å². The maximum Gasteiger partial charge on any atom is 0.258 e. The Labute approximate surface area is 78.5 Å². The molecule has 0 saturated carbocycles. The van der Waals surface area contributed by atoms with Gasteiger partial charge in [0.05, 0.1) is 0 Å². The standard InChI is InChI=1S/C8H7BrN2O/c9-8(11)12-7(10)6-4-2-1-3-5-6/h1-5,10-11H. The van der Waals surface area contributed by atoms with E-state index in [4.69, 9.17) is 15.6 Å². The van der Waals surface area contributed by atoms with Crippen molar-refractivity contribution in [2.45, 2.75) is 0 Å². The third-order valence-corrected chi connectivity index (χ3v) is 1.39. The molecule has 0 aliphatic carbocycles. The molecule has 1 aromatic carbocycles. The van der Waals surface area contributed by atoms with Crippen molar-refractivity contribution in [3.63, 3.8) is 0 Å². The quantitative estimate of drug-likeness (QED) is 0.561. The Kier molecular flexibility index (Phi) is 2.99. The molecule has 0 aliphatic rings. The second kappa shape index (κ2) is 4.01. The maximum atomic E-state index is 7.37. The van der Waals surface area contributed by atoms with E-state index in [9.17, 15) is 0 Å². The minimum atomic E-state index is -0.156. The summed E-state index contributed by atoms with van der Waals surface area (Å²) in [6, 6.07) is 8.98. The van der Waals surface area contributed by atoms with Crippen LogP contribution in [0.25, 0.3) is 0 Å². The molecule has 0 bridgehead atoms. The number of hydrogen-bond acceptors (Lipinski definition) is 3. The van der Waals surface area contributed by atoms with Gasteiger partial charge in [0.1, 0.15) is 0 Å². The monoisotopic (exact) mass is 226 g/mol. The van der Waals surface area contributed by atoms with Crippen molar-refractivity contribution in [2.24, 2.45) is 0 Å². The third kappa shape index (κ3) is 2.47. The molecule has 0 heterocycles. The van der Waals surface area contributed by atoms with Gasteiger partial charge < -0.3 is 4.74 Å². The van der Waals surface area contributed by atoms with E-state index in [1.165, 1.54) is 0 Å². The van der Waals surface area contributed by atoms with Gasteiger partial charge >= 0.3 is 0 Å². The minimum absolute atomic E-state index is 0.0301. The topological polar surface area (TPSA) is 56.9 Å². The van der Waals surface area contributed by atoms with Gasteiger partial charge in [0, 0.05) is 21.5 Å². The molecule has 4 heteroatoms. The van der Waals surface area contributed by atoms with Crippen molar-refractivity contribution in [3.05, 3.63) is 35.9 Å². The number of hydrogen-bond donors (Lipinski definition) is 2. The van der Waals surface area contributed by atoms with Gasteiger partial charge in [-0.15, -0.1) is 0 Å². The molecule has 0 amide bonds. The predicted molar refractivity (Wildman–Crippen MR) is 51.0 cm³/mol. The van der Waals surface area contributed by atoms with Gasteiger partial charge in [0.15, 0.2) is 0 Å². The fourth-order valence-electron chi connectivity index (χ4n) is 0.738. The van der Waals surface area contributed by atoms with E-state index in [1.54, 1.807) is 12.1 Å². The number of rotatable bonds is 1. The molecule has 0 saturated heterocycles. The summed E-state index contributed by atoms with van der Waals surface area (Å²) in [6.07, 6.45) is 0. The molecule has 0 aromatic heterocycles. The Morgan fingerprint density at radius 2 is 1.75 bits per heavy atom. The first-order valence-electron chi connectivity index (χ1n) is 3.26. The highest BCUT2D eigenvalue weighted by Gasteiger charge is 2.02. The van der Waals surface area contributed by atoms with Gasteiger partial charge in [0.2, 0.25) is 5.90 Å². The Balaban J connectivity index is 2.73. The number of benzene rings is 1. The zero-order valence-corrected chi connectivity index (χ0v) is 7.76. The van der Waals surface area contributed by atoms with Crippen LogP contribution >= 0.6 is 15.9 Å². The summed E-state index contributed by atoms with van der Waals surface area (Å²) >= 11 is 2.79. The smallest absolute Gasteiger partial charge is 0.258 e. The van der Waals surface area contributed by atoms with Crippen LogP contribution < -0.4 is 0 Å². The molecule has 3 nitrogen and oxygen atoms in total. The first-order chi connectivity index (χ1) is 5.70. The van der Waals surface area contributed by atoms with Crippen molar-refractivity contribution in [3.8, 4) is 0 Å². The lowest BCUT2D eigenvalue weighted by Crippen LogP contribution is -2.06. The van der Waals surface area contributed by atoms with Crippen LogP contribution in [0.2, 0.25) is 0 Å². The highest BCUT2D eigenvalue weighted by molar-refractivity contribution is 9.18.